The summed E-state index contributed by atoms with van der Waals surface area (Å²) in [6.45, 7) is 0.631. The molecule has 0 aromatic carbocycles. The molecule has 6 nitrogen and oxygen atoms in total. The van der Waals surface area contributed by atoms with Gasteiger partial charge in [0, 0.05) is 0 Å². The van der Waals surface area contributed by atoms with Crippen LogP contribution in [0.2, 0.25) is 0 Å². The Morgan fingerprint density at radius 2 is 2.12 bits per heavy atom. The van der Waals surface area contributed by atoms with E-state index in [-0.39, 0.29) is 0 Å². The molecule has 0 spiro atoms. The summed E-state index contributed by atoms with van der Waals surface area (Å²) in [5.74, 6) is 1.46. The van der Waals surface area contributed by atoms with Gasteiger partial charge in [-0.2, -0.15) is 4.98 Å². The number of pyridine rings is 1. The van der Waals surface area contributed by atoms with Crippen molar-refractivity contribution in [2.45, 2.75) is 6.54 Å². The highest BCUT2D eigenvalue weighted by Crippen LogP contribution is 2.15. The lowest BCUT2D eigenvalue weighted by Crippen LogP contribution is -2.11. The van der Waals surface area contributed by atoms with Crippen molar-refractivity contribution in [2.75, 3.05) is 19.8 Å². The second-order valence-corrected chi connectivity index (χ2v) is 3.70. The van der Waals surface area contributed by atoms with Crippen molar-refractivity contribution >= 4 is 5.82 Å². The Hall–Kier alpha value is -1.95. The number of anilines is 1. The van der Waals surface area contributed by atoms with E-state index >= 15 is 0 Å². The maximum absolute atomic E-state index is 5.57. The van der Waals surface area contributed by atoms with Crippen molar-refractivity contribution in [3.05, 3.63) is 24.0 Å². The molecule has 0 aliphatic heterocycles. The predicted molar refractivity (Wildman–Crippen MR) is 59.3 cm³/mol. The molecule has 0 radical (unpaired) electrons. The summed E-state index contributed by atoms with van der Waals surface area (Å²) in [4.78, 5) is 10.3. The SMILES string of the molecule is CN(C)Cc1noc(-c2cccc(N)n2)n1. The average molecular weight is 219 g/mol. The lowest BCUT2D eigenvalue weighted by Gasteiger charge is -2.03. The standard InChI is InChI=1S/C10H13N5O/c1-15(2)6-9-13-10(16-14-9)7-4-3-5-8(11)12-7/h3-5H,6H2,1-2H3,(H2,11,12). The molecule has 2 aromatic rings. The topological polar surface area (TPSA) is 81.1 Å². The van der Waals surface area contributed by atoms with Crippen LogP contribution in [0.5, 0.6) is 0 Å². The van der Waals surface area contributed by atoms with Crippen LogP contribution >= 0.6 is 0 Å². The van der Waals surface area contributed by atoms with Crippen LogP contribution in [0.3, 0.4) is 0 Å². The number of nitrogens with two attached hydrogens (primary N) is 1. The van der Waals surface area contributed by atoms with Crippen molar-refractivity contribution in [3.63, 3.8) is 0 Å². The number of nitrogen functional groups attached to an aromatic ring is 1. The summed E-state index contributed by atoms with van der Waals surface area (Å²) >= 11 is 0. The Labute approximate surface area is 93.1 Å². The lowest BCUT2D eigenvalue weighted by atomic mass is 10.3. The molecular weight excluding hydrogens is 206 g/mol. The first-order valence-electron chi connectivity index (χ1n) is 4.85. The van der Waals surface area contributed by atoms with Crippen molar-refractivity contribution in [1.29, 1.82) is 0 Å². The van der Waals surface area contributed by atoms with E-state index in [9.17, 15) is 0 Å². The molecule has 6 heteroatoms. The van der Waals surface area contributed by atoms with Gasteiger partial charge in [-0.1, -0.05) is 11.2 Å². The maximum atomic E-state index is 5.57. The molecule has 0 saturated carbocycles. The van der Waals surface area contributed by atoms with Crippen LogP contribution < -0.4 is 5.73 Å². The number of hydrogen-bond donors (Lipinski definition) is 1. The Morgan fingerprint density at radius 1 is 1.31 bits per heavy atom. The highest BCUT2D eigenvalue weighted by atomic mass is 16.5. The van der Waals surface area contributed by atoms with Crippen molar-refractivity contribution in [1.82, 2.24) is 20.0 Å². The van der Waals surface area contributed by atoms with Crippen LogP contribution in [0.25, 0.3) is 11.6 Å². The fourth-order valence-corrected chi connectivity index (χ4v) is 1.28. The third-order valence-corrected chi connectivity index (χ3v) is 1.92. The molecule has 0 atom stereocenters. The third kappa shape index (κ3) is 2.34. The van der Waals surface area contributed by atoms with Gasteiger partial charge in [-0.05, 0) is 26.2 Å². The summed E-state index contributed by atoms with van der Waals surface area (Å²) in [6, 6.07) is 5.29. The van der Waals surface area contributed by atoms with Crippen LogP contribution in [0.1, 0.15) is 5.82 Å². The average Bonchev–Trinajstić information content (AvgIpc) is 2.65. The molecule has 0 fully saturated rings. The molecule has 2 aromatic heterocycles. The second kappa shape index (κ2) is 4.28. The Kier molecular flexibility index (Phi) is 2.82. The Morgan fingerprint density at radius 3 is 2.81 bits per heavy atom. The molecule has 2 rings (SSSR count). The van der Waals surface area contributed by atoms with Gasteiger partial charge in [0.1, 0.15) is 11.5 Å². The largest absolute Gasteiger partial charge is 0.384 e. The summed E-state index contributed by atoms with van der Waals surface area (Å²) in [6.07, 6.45) is 0. The predicted octanol–water partition coefficient (Wildman–Crippen LogP) is 0.775. The molecule has 0 aliphatic carbocycles. The Bertz CT molecular complexity index is 480. The van der Waals surface area contributed by atoms with Gasteiger partial charge in [-0.15, -0.1) is 0 Å². The number of rotatable bonds is 3. The fraction of sp³-hybridized carbons (Fsp3) is 0.300. The van der Waals surface area contributed by atoms with E-state index in [4.69, 9.17) is 10.3 Å². The van der Waals surface area contributed by atoms with E-state index in [1.807, 2.05) is 19.0 Å². The van der Waals surface area contributed by atoms with Gasteiger partial charge < -0.3 is 15.2 Å². The second-order valence-electron chi connectivity index (χ2n) is 3.70. The highest BCUT2D eigenvalue weighted by molar-refractivity contribution is 5.49. The molecule has 2 N–H and O–H groups in total. The third-order valence-electron chi connectivity index (χ3n) is 1.92. The quantitative estimate of drug-likeness (QED) is 0.821. The van der Waals surface area contributed by atoms with E-state index in [0.717, 1.165) is 0 Å². The van der Waals surface area contributed by atoms with Crippen LogP contribution in [-0.4, -0.2) is 34.1 Å². The van der Waals surface area contributed by atoms with Gasteiger partial charge in [-0.3, -0.25) is 0 Å². The molecule has 0 unspecified atom stereocenters. The molecule has 84 valence electrons. The van der Waals surface area contributed by atoms with Crippen molar-refractivity contribution in [3.8, 4) is 11.6 Å². The monoisotopic (exact) mass is 219 g/mol. The summed E-state index contributed by atoms with van der Waals surface area (Å²) in [5.41, 5.74) is 6.17. The Balaban J connectivity index is 2.24. The van der Waals surface area contributed by atoms with Crippen LogP contribution in [0.15, 0.2) is 22.7 Å². The van der Waals surface area contributed by atoms with Crippen molar-refractivity contribution < 1.29 is 4.52 Å². The molecule has 0 amide bonds. The van der Waals surface area contributed by atoms with Crippen molar-refractivity contribution in [2.24, 2.45) is 0 Å². The minimum atomic E-state index is 0.393. The zero-order chi connectivity index (χ0) is 11.5. The summed E-state index contributed by atoms with van der Waals surface area (Å²) in [5, 5.41) is 3.85. The first-order chi connectivity index (χ1) is 7.65. The van der Waals surface area contributed by atoms with E-state index in [1.165, 1.54) is 0 Å². The minimum Gasteiger partial charge on any atom is -0.384 e. The molecule has 0 saturated heterocycles. The van der Waals surface area contributed by atoms with Crippen LogP contribution in [-0.2, 0) is 6.54 Å². The lowest BCUT2D eigenvalue weighted by molar-refractivity contribution is 0.365. The van der Waals surface area contributed by atoms with E-state index in [1.54, 1.807) is 18.2 Å². The van der Waals surface area contributed by atoms with Crippen LogP contribution in [0.4, 0.5) is 5.82 Å². The zero-order valence-electron chi connectivity index (χ0n) is 9.21. The maximum Gasteiger partial charge on any atom is 0.276 e. The number of hydrogen-bond acceptors (Lipinski definition) is 6. The highest BCUT2D eigenvalue weighted by Gasteiger charge is 2.10. The molecule has 2 heterocycles. The molecule has 16 heavy (non-hydrogen) atoms. The zero-order valence-corrected chi connectivity index (χ0v) is 9.21. The van der Waals surface area contributed by atoms with E-state index in [2.05, 4.69) is 15.1 Å². The smallest absolute Gasteiger partial charge is 0.276 e. The molecule has 0 bridgehead atoms. The first kappa shape index (κ1) is 10.6. The van der Waals surface area contributed by atoms with E-state index < -0.39 is 0 Å². The van der Waals surface area contributed by atoms with Gasteiger partial charge in [0.25, 0.3) is 5.89 Å². The van der Waals surface area contributed by atoms with Gasteiger partial charge in [0.15, 0.2) is 5.82 Å². The summed E-state index contributed by atoms with van der Waals surface area (Å²) < 4.78 is 5.10. The first-order valence-corrected chi connectivity index (χ1v) is 4.85. The van der Waals surface area contributed by atoms with Gasteiger partial charge in [0.05, 0.1) is 6.54 Å². The van der Waals surface area contributed by atoms with Gasteiger partial charge >= 0.3 is 0 Å². The van der Waals surface area contributed by atoms with E-state index in [0.29, 0.717) is 29.8 Å². The van der Waals surface area contributed by atoms with Gasteiger partial charge in [0.2, 0.25) is 0 Å². The normalized spacial score (nSPS) is 10.9. The number of aromatic nitrogens is 3. The van der Waals surface area contributed by atoms with Gasteiger partial charge in [-0.25, -0.2) is 4.98 Å². The molecular formula is C10H13N5O. The number of nitrogens with zero attached hydrogens (tertiary/aromatic N) is 4. The summed E-state index contributed by atoms with van der Waals surface area (Å²) in [7, 11) is 3.88. The van der Waals surface area contributed by atoms with Crippen LogP contribution in [0, 0.1) is 0 Å². The minimum absolute atomic E-state index is 0.393. The molecule has 0 aliphatic rings. The fourth-order valence-electron chi connectivity index (χ4n) is 1.28.